The first-order valence-electron chi connectivity index (χ1n) is 7.53. The number of aromatic amines is 1. The van der Waals surface area contributed by atoms with E-state index < -0.39 is 5.41 Å². The summed E-state index contributed by atoms with van der Waals surface area (Å²) >= 11 is 0. The molecule has 1 saturated heterocycles. The summed E-state index contributed by atoms with van der Waals surface area (Å²) in [6.45, 7) is 6.04. The minimum atomic E-state index is -0.393. The fourth-order valence-electron chi connectivity index (χ4n) is 3.01. The molecule has 5 nitrogen and oxygen atoms in total. The van der Waals surface area contributed by atoms with E-state index in [4.69, 9.17) is 0 Å². The second-order valence-corrected chi connectivity index (χ2v) is 6.36. The molecule has 1 unspecified atom stereocenters. The number of nitrogens with zero attached hydrogens (tertiary/aromatic N) is 1. The highest BCUT2D eigenvalue weighted by Crippen LogP contribution is 2.33. The van der Waals surface area contributed by atoms with Gasteiger partial charge in [0, 0.05) is 10.8 Å². The third kappa shape index (κ3) is 2.65. The van der Waals surface area contributed by atoms with Crippen LogP contribution in [-0.4, -0.2) is 29.2 Å². The summed E-state index contributed by atoms with van der Waals surface area (Å²) in [5, 5.41) is 14.4. The average Bonchev–Trinajstić information content (AvgIpc) is 2.97. The zero-order valence-corrected chi connectivity index (χ0v) is 12.6. The Kier molecular flexibility index (Phi) is 3.68. The lowest BCUT2D eigenvalue weighted by atomic mass is 9.74. The Balaban J connectivity index is 1.80. The Morgan fingerprint density at radius 1 is 1.43 bits per heavy atom. The summed E-state index contributed by atoms with van der Waals surface area (Å²) in [6.07, 6.45) is 4.00. The van der Waals surface area contributed by atoms with E-state index in [1.807, 2.05) is 32.0 Å². The number of carbonyl (C=O) groups excluding carboxylic acids is 1. The Bertz CT molecular complexity index is 641. The van der Waals surface area contributed by atoms with Crippen LogP contribution in [0.5, 0.6) is 0 Å². The zero-order chi connectivity index (χ0) is 14.9. The van der Waals surface area contributed by atoms with Gasteiger partial charge in [0.1, 0.15) is 0 Å². The maximum atomic E-state index is 12.7. The highest BCUT2D eigenvalue weighted by atomic mass is 16.2. The normalized spacial score (nSPS) is 19.6. The molecular formula is C16H22N4O. The summed E-state index contributed by atoms with van der Waals surface area (Å²) in [7, 11) is 0. The number of piperidine rings is 1. The first-order valence-corrected chi connectivity index (χ1v) is 7.53. The van der Waals surface area contributed by atoms with E-state index in [9.17, 15) is 4.79 Å². The number of hydrogen-bond donors (Lipinski definition) is 3. The molecule has 3 N–H and O–H groups in total. The Morgan fingerprint density at radius 3 is 3.05 bits per heavy atom. The minimum absolute atomic E-state index is 0.0679. The maximum Gasteiger partial charge on any atom is 0.230 e. The van der Waals surface area contributed by atoms with Gasteiger partial charge in [0.2, 0.25) is 5.91 Å². The molecule has 2 heterocycles. The summed E-state index contributed by atoms with van der Waals surface area (Å²) in [5.41, 5.74) is 1.28. The van der Waals surface area contributed by atoms with Crippen LogP contribution in [-0.2, 0) is 4.79 Å². The molecular weight excluding hydrogens is 264 g/mol. The van der Waals surface area contributed by atoms with Crippen LogP contribution in [0.4, 0.5) is 5.69 Å². The lowest BCUT2D eigenvalue weighted by Gasteiger charge is -2.36. The van der Waals surface area contributed by atoms with Crippen molar-refractivity contribution in [2.24, 2.45) is 11.3 Å². The second kappa shape index (κ2) is 5.48. The number of H-pyrrole nitrogens is 1. The molecule has 1 fully saturated rings. The van der Waals surface area contributed by atoms with Crippen molar-refractivity contribution < 1.29 is 4.79 Å². The van der Waals surface area contributed by atoms with E-state index in [-0.39, 0.29) is 5.91 Å². The molecule has 5 heteroatoms. The molecule has 112 valence electrons. The van der Waals surface area contributed by atoms with Gasteiger partial charge in [-0.2, -0.15) is 5.10 Å². The third-order valence-electron chi connectivity index (χ3n) is 4.63. The lowest BCUT2D eigenvalue weighted by molar-refractivity contribution is -0.127. The van der Waals surface area contributed by atoms with Crippen molar-refractivity contribution in [1.29, 1.82) is 0 Å². The topological polar surface area (TPSA) is 69.8 Å². The monoisotopic (exact) mass is 286 g/mol. The summed E-state index contributed by atoms with van der Waals surface area (Å²) in [6, 6.07) is 5.82. The van der Waals surface area contributed by atoms with Gasteiger partial charge in [0.05, 0.1) is 17.4 Å². The molecule has 0 bridgehead atoms. The molecule has 0 aliphatic carbocycles. The first kappa shape index (κ1) is 14.1. The zero-order valence-electron chi connectivity index (χ0n) is 12.6. The largest absolute Gasteiger partial charge is 0.324 e. The van der Waals surface area contributed by atoms with Crippen LogP contribution in [0.2, 0.25) is 0 Å². The number of benzene rings is 1. The Morgan fingerprint density at radius 2 is 2.29 bits per heavy atom. The van der Waals surface area contributed by atoms with Crippen molar-refractivity contribution in [2.45, 2.75) is 26.7 Å². The average molecular weight is 286 g/mol. The molecule has 0 saturated carbocycles. The van der Waals surface area contributed by atoms with E-state index in [0.29, 0.717) is 5.92 Å². The predicted octanol–water partition coefficient (Wildman–Crippen LogP) is 2.53. The molecule has 1 aliphatic heterocycles. The van der Waals surface area contributed by atoms with E-state index in [1.54, 1.807) is 6.20 Å². The number of carbonyl (C=O) groups is 1. The van der Waals surface area contributed by atoms with Crippen LogP contribution in [0.3, 0.4) is 0 Å². The van der Waals surface area contributed by atoms with Crippen LogP contribution in [0, 0.1) is 11.3 Å². The molecule has 21 heavy (non-hydrogen) atoms. The summed E-state index contributed by atoms with van der Waals surface area (Å²) in [5.74, 6) is 0.436. The number of nitrogens with one attached hydrogen (secondary N) is 3. The van der Waals surface area contributed by atoms with Crippen molar-refractivity contribution in [3.8, 4) is 0 Å². The van der Waals surface area contributed by atoms with Gasteiger partial charge in [0.15, 0.2) is 0 Å². The molecule has 0 spiro atoms. The van der Waals surface area contributed by atoms with Gasteiger partial charge >= 0.3 is 0 Å². The van der Waals surface area contributed by atoms with Crippen LogP contribution < -0.4 is 10.6 Å². The van der Waals surface area contributed by atoms with Gasteiger partial charge in [0.25, 0.3) is 0 Å². The number of hydrogen-bond acceptors (Lipinski definition) is 3. The van der Waals surface area contributed by atoms with E-state index in [1.165, 1.54) is 0 Å². The predicted molar refractivity (Wildman–Crippen MR) is 84.1 cm³/mol. The highest BCUT2D eigenvalue weighted by molar-refractivity contribution is 6.02. The second-order valence-electron chi connectivity index (χ2n) is 6.36. The lowest BCUT2D eigenvalue weighted by Crippen LogP contribution is -2.44. The SMILES string of the molecule is CC(C)(C(=O)Nc1cccc2cn[nH]c12)C1CCCNC1. The van der Waals surface area contributed by atoms with Gasteiger partial charge in [-0.15, -0.1) is 0 Å². The van der Waals surface area contributed by atoms with Gasteiger partial charge in [-0.3, -0.25) is 9.89 Å². The fourth-order valence-corrected chi connectivity index (χ4v) is 3.01. The Hall–Kier alpha value is -1.88. The van der Waals surface area contributed by atoms with E-state index >= 15 is 0 Å². The van der Waals surface area contributed by atoms with Crippen LogP contribution in [0.25, 0.3) is 10.9 Å². The minimum Gasteiger partial charge on any atom is -0.324 e. The molecule has 3 rings (SSSR count). The number of aromatic nitrogens is 2. The number of amides is 1. The van der Waals surface area contributed by atoms with Crippen molar-refractivity contribution in [3.63, 3.8) is 0 Å². The van der Waals surface area contributed by atoms with Crippen LogP contribution in [0.15, 0.2) is 24.4 Å². The highest BCUT2D eigenvalue weighted by Gasteiger charge is 2.37. The molecule has 1 aromatic carbocycles. The van der Waals surface area contributed by atoms with E-state index in [0.717, 1.165) is 42.5 Å². The Labute approximate surface area is 124 Å². The van der Waals surface area contributed by atoms with Crippen molar-refractivity contribution in [3.05, 3.63) is 24.4 Å². The van der Waals surface area contributed by atoms with Gasteiger partial charge in [-0.25, -0.2) is 0 Å². The van der Waals surface area contributed by atoms with Crippen molar-refractivity contribution in [2.75, 3.05) is 18.4 Å². The quantitative estimate of drug-likeness (QED) is 0.812. The van der Waals surface area contributed by atoms with Crippen LogP contribution in [0.1, 0.15) is 26.7 Å². The molecule has 0 radical (unpaired) electrons. The summed E-state index contributed by atoms with van der Waals surface area (Å²) < 4.78 is 0. The number of fused-ring (bicyclic) bond motifs is 1. The van der Waals surface area contributed by atoms with Gasteiger partial charge in [-0.05, 0) is 37.9 Å². The summed E-state index contributed by atoms with van der Waals surface area (Å²) in [4.78, 5) is 12.7. The van der Waals surface area contributed by atoms with Gasteiger partial charge < -0.3 is 10.6 Å². The first-order chi connectivity index (χ1) is 10.1. The molecule has 1 aromatic heterocycles. The number of para-hydroxylation sites is 1. The smallest absolute Gasteiger partial charge is 0.230 e. The number of anilines is 1. The van der Waals surface area contributed by atoms with Crippen molar-refractivity contribution in [1.82, 2.24) is 15.5 Å². The van der Waals surface area contributed by atoms with Crippen LogP contribution >= 0.6 is 0 Å². The van der Waals surface area contributed by atoms with E-state index in [2.05, 4.69) is 20.8 Å². The van der Waals surface area contributed by atoms with Gasteiger partial charge in [-0.1, -0.05) is 26.0 Å². The third-order valence-corrected chi connectivity index (χ3v) is 4.63. The van der Waals surface area contributed by atoms with Crippen molar-refractivity contribution >= 4 is 22.5 Å². The molecule has 1 aliphatic rings. The molecule has 1 atom stereocenters. The fraction of sp³-hybridized carbons (Fsp3) is 0.500. The molecule has 1 amide bonds. The standard InChI is InChI=1S/C16H22N4O/c1-16(2,12-6-4-8-17-10-12)15(21)19-13-7-3-5-11-9-18-20-14(11)13/h3,5,7,9,12,17H,4,6,8,10H2,1-2H3,(H,18,20)(H,19,21). The number of rotatable bonds is 3. The maximum absolute atomic E-state index is 12.7. The molecule has 2 aromatic rings.